The molecular weight excluding hydrogens is 352 g/mol. The van der Waals surface area contributed by atoms with Gasteiger partial charge in [-0.05, 0) is 25.0 Å². The van der Waals surface area contributed by atoms with E-state index in [4.69, 9.17) is 0 Å². The number of hydrogen-bond acceptors (Lipinski definition) is 7. The first-order chi connectivity index (χ1) is 12.9. The number of nitrogens with one attached hydrogen (secondary N) is 1. The van der Waals surface area contributed by atoms with Crippen LogP contribution in [0.1, 0.15) is 12.8 Å². The van der Waals surface area contributed by atoms with E-state index in [1.165, 1.54) is 10.6 Å². The molecule has 2 aromatic rings. The maximum absolute atomic E-state index is 12.5. The number of carbonyl (C=O) groups is 1. The van der Waals surface area contributed by atoms with Crippen molar-refractivity contribution in [2.75, 3.05) is 39.0 Å². The van der Waals surface area contributed by atoms with Crippen molar-refractivity contribution in [1.29, 1.82) is 0 Å². The first kappa shape index (κ1) is 18.8. The van der Waals surface area contributed by atoms with Crippen LogP contribution in [0.2, 0.25) is 0 Å². The van der Waals surface area contributed by atoms with Crippen molar-refractivity contribution >= 4 is 23.1 Å². The molecule has 0 bridgehead atoms. The number of fused-ring (bicyclic) bond motifs is 1. The molecule has 10 heteroatoms. The van der Waals surface area contributed by atoms with Gasteiger partial charge in [-0.15, -0.1) is 0 Å². The zero-order chi connectivity index (χ0) is 19.6. The summed E-state index contributed by atoms with van der Waals surface area (Å²) in [6.07, 6.45) is 2.86. The van der Waals surface area contributed by atoms with Gasteiger partial charge in [-0.3, -0.25) is 29.0 Å². The van der Waals surface area contributed by atoms with Crippen LogP contribution < -0.4 is 10.9 Å². The van der Waals surface area contributed by atoms with Gasteiger partial charge in [-0.25, -0.2) is 4.98 Å². The van der Waals surface area contributed by atoms with Gasteiger partial charge >= 0.3 is 11.2 Å². The molecule has 3 heterocycles. The summed E-state index contributed by atoms with van der Waals surface area (Å²) >= 11 is 0. The summed E-state index contributed by atoms with van der Waals surface area (Å²) in [6, 6.07) is 4.92. The molecular formula is C17H22N6O4. The molecule has 1 fully saturated rings. The van der Waals surface area contributed by atoms with E-state index in [2.05, 4.69) is 15.2 Å². The molecule has 27 heavy (non-hydrogen) atoms. The maximum Gasteiger partial charge on any atom is 0.376 e. The van der Waals surface area contributed by atoms with Crippen LogP contribution in [-0.4, -0.2) is 69.8 Å². The van der Waals surface area contributed by atoms with Crippen LogP contribution in [0.5, 0.6) is 0 Å². The number of pyridine rings is 1. The largest absolute Gasteiger partial charge is 0.376 e. The predicted octanol–water partition coefficient (Wildman–Crippen LogP) is 0.567. The van der Waals surface area contributed by atoms with E-state index in [1.807, 2.05) is 0 Å². The molecule has 0 saturated carbocycles. The monoisotopic (exact) mass is 374 g/mol. The van der Waals surface area contributed by atoms with E-state index in [-0.39, 0.29) is 17.8 Å². The molecule has 0 atom stereocenters. The van der Waals surface area contributed by atoms with Crippen molar-refractivity contribution in [3.63, 3.8) is 0 Å². The third-order valence-corrected chi connectivity index (χ3v) is 4.68. The molecule has 1 amide bonds. The highest BCUT2D eigenvalue weighted by atomic mass is 16.6. The average molecular weight is 374 g/mol. The highest BCUT2D eigenvalue weighted by Crippen LogP contribution is 2.22. The number of nitro groups is 1. The second-order valence-electron chi connectivity index (χ2n) is 6.78. The summed E-state index contributed by atoms with van der Waals surface area (Å²) in [6.45, 7) is 1.74. The van der Waals surface area contributed by atoms with Crippen molar-refractivity contribution in [3.05, 3.63) is 44.9 Å². The van der Waals surface area contributed by atoms with Gasteiger partial charge < -0.3 is 10.2 Å². The Morgan fingerprint density at radius 1 is 1.37 bits per heavy atom. The lowest BCUT2D eigenvalue weighted by Gasteiger charge is -2.32. The topological polar surface area (TPSA) is 113 Å². The summed E-state index contributed by atoms with van der Waals surface area (Å²) in [7, 11) is 3.44. The normalized spacial score (nSPS) is 15.6. The van der Waals surface area contributed by atoms with Gasteiger partial charge in [-0.2, -0.15) is 0 Å². The Morgan fingerprint density at radius 3 is 2.70 bits per heavy atom. The van der Waals surface area contributed by atoms with Crippen molar-refractivity contribution in [3.8, 4) is 0 Å². The zero-order valence-corrected chi connectivity index (χ0v) is 15.3. The van der Waals surface area contributed by atoms with Crippen molar-refractivity contribution in [2.24, 2.45) is 0 Å². The SMILES string of the molecule is CN(C)C(=O)CN1CCC(Nc2nc3ccccn3c(=O)c2[N+](=O)[O-])CC1. The first-order valence-electron chi connectivity index (χ1n) is 8.71. The zero-order valence-electron chi connectivity index (χ0n) is 15.3. The molecule has 2 aromatic heterocycles. The lowest BCUT2D eigenvalue weighted by Crippen LogP contribution is -2.44. The molecule has 10 nitrogen and oxygen atoms in total. The summed E-state index contributed by atoms with van der Waals surface area (Å²) in [5.74, 6) is 0.0419. The van der Waals surface area contributed by atoms with Gasteiger partial charge in [0.1, 0.15) is 5.65 Å². The minimum absolute atomic E-state index is 0.000909. The van der Waals surface area contributed by atoms with Gasteiger partial charge in [-0.1, -0.05) is 6.07 Å². The quantitative estimate of drug-likeness (QED) is 0.601. The number of likely N-dealkylation sites (tertiary alicyclic amines) is 1. The minimum Gasteiger partial charge on any atom is -0.361 e. The third-order valence-electron chi connectivity index (χ3n) is 4.68. The molecule has 1 N–H and O–H groups in total. The first-order valence-corrected chi connectivity index (χ1v) is 8.71. The van der Waals surface area contributed by atoms with Gasteiger partial charge in [0.15, 0.2) is 0 Å². The maximum atomic E-state index is 12.5. The summed E-state index contributed by atoms with van der Waals surface area (Å²) < 4.78 is 1.17. The number of hydrogen-bond donors (Lipinski definition) is 1. The smallest absolute Gasteiger partial charge is 0.361 e. The van der Waals surface area contributed by atoms with Crippen LogP contribution in [-0.2, 0) is 4.79 Å². The fourth-order valence-electron chi connectivity index (χ4n) is 3.11. The second-order valence-corrected chi connectivity index (χ2v) is 6.78. The molecule has 0 radical (unpaired) electrons. The van der Waals surface area contributed by atoms with Crippen molar-refractivity contribution < 1.29 is 9.72 Å². The standard InChI is InChI=1S/C17H22N6O4/c1-20(2)14(24)11-21-9-6-12(7-10-21)18-16-15(23(26)27)17(25)22-8-4-3-5-13(22)19-16/h3-5,8,12,18H,6-7,9-11H2,1-2H3. The summed E-state index contributed by atoms with van der Waals surface area (Å²) in [5.41, 5.74) is -0.907. The van der Waals surface area contributed by atoms with Crippen LogP contribution in [0.25, 0.3) is 5.65 Å². The molecule has 0 aromatic carbocycles. The Balaban J connectivity index is 1.76. The van der Waals surface area contributed by atoms with E-state index in [1.54, 1.807) is 37.2 Å². The Morgan fingerprint density at radius 2 is 2.07 bits per heavy atom. The van der Waals surface area contributed by atoms with Gasteiger partial charge in [0, 0.05) is 39.4 Å². The number of amides is 1. The summed E-state index contributed by atoms with van der Waals surface area (Å²) in [5, 5.41) is 14.5. The molecule has 144 valence electrons. The van der Waals surface area contributed by atoms with E-state index in [9.17, 15) is 19.7 Å². The highest BCUT2D eigenvalue weighted by Gasteiger charge is 2.27. The second kappa shape index (κ2) is 7.70. The number of likely N-dealkylation sites (N-methyl/N-ethyl adjacent to an activating group) is 1. The number of carbonyl (C=O) groups excluding carboxylic acids is 1. The highest BCUT2D eigenvalue weighted by molar-refractivity contribution is 5.77. The van der Waals surface area contributed by atoms with E-state index >= 15 is 0 Å². The fourth-order valence-corrected chi connectivity index (χ4v) is 3.11. The van der Waals surface area contributed by atoms with Gasteiger partial charge in [0.2, 0.25) is 11.7 Å². The Kier molecular flexibility index (Phi) is 5.36. The van der Waals surface area contributed by atoms with Crippen molar-refractivity contribution in [1.82, 2.24) is 19.2 Å². The van der Waals surface area contributed by atoms with Gasteiger partial charge in [0.05, 0.1) is 11.5 Å². The number of rotatable bonds is 5. The van der Waals surface area contributed by atoms with Crippen LogP contribution in [0.4, 0.5) is 11.5 Å². The lowest BCUT2D eigenvalue weighted by atomic mass is 10.0. The van der Waals surface area contributed by atoms with E-state index < -0.39 is 16.2 Å². The molecule has 1 aliphatic rings. The summed E-state index contributed by atoms with van der Waals surface area (Å²) in [4.78, 5) is 42.9. The fraction of sp³-hybridized carbons (Fsp3) is 0.471. The third kappa shape index (κ3) is 4.05. The van der Waals surface area contributed by atoms with Crippen LogP contribution >= 0.6 is 0 Å². The van der Waals surface area contributed by atoms with E-state index in [0.717, 1.165) is 0 Å². The molecule has 0 aliphatic carbocycles. The number of anilines is 1. The molecule has 0 spiro atoms. The van der Waals surface area contributed by atoms with Gasteiger partial charge in [0.25, 0.3) is 0 Å². The van der Waals surface area contributed by atoms with Crippen molar-refractivity contribution in [2.45, 2.75) is 18.9 Å². The molecule has 1 aliphatic heterocycles. The van der Waals surface area contributed by atoms with Crippen LogP contribution in [0, 0.1) is 10.1 Å². The Labute approximate surface area is 155 Å². The molecule has 1 saturated heterocycles. The van der Waals surface area contributed by atoms with E-state index in [0.29, 0.717) is 38.1 Å². The lowest BCUT2D eigenvalue weighted by molar-refractivity contribution is -0.385. The Hall–Kier alpha value is -3.01. The number of piperidine rings is 1. The molecule has 3 rings (SSSR count). The van der Waals surface area contributed by atoms with Crippen LogP contribution in [0.15, 0.2) is 29.2 Å². The molecule has 0 unspecified atom stereocenters. The number of aromatic nitrogens is 2. The Bertz CT molecular complexity index is 917. The predicted molar refractivity (Wildman–Crippen MR) is 99.9 cm³/mol. The average Bonchev–Trinajstić information content (AvgIpc) is 2.63. The number of nitrogens with zero attached hydrogens (tertiary/aromatic N) is 5. The minimum atomic E-state index is -0.706. The van der Waals surface area contributed by atoms with Crippen LogP contribution in [0.3, 0.4) is 0 Å².